The van der Waals surface area contributed by atoms with Gasteiger partial charge in [-0.3, -0.25) is 9.78 Å². The zero-order chi connectivity index (χ0) is 12.8. The molecular weight excluding hydrogens is 224 g/mol. The van der Waals surface area contributed by atoms with Gasteiger partial charge in [0.1, 0.15) is 5.82 Å². The van der Waals surface area contributed by atoms with E-state index in [1.165, 1.54) is 19.4 Å². The van der Waals surface area contributed by atoms with E-state index in [2.05, 4.69) is 15.3 Å². The molecule has 0 unspecified atom stereocenters. The summed E-state index contributed by atoms with van der Waals surface area (Å²) in [6.45, 7) is 2.49. The molecule has 7 nitrogen and oxygen atoms in total. The second kappa shape index (κ2) is 5.78. The summed E-state index contributed by atoms with van der Waals surface area (Å²) in [4.78, 5) is 31.3. The Kier molecular flexibility index (Phi) is 4.38. The highest BCUT2D eigenvalue weighted by atomic mass is 16.4. The van der Waals surface area contributed by atoms with E-state index in [0.717, 1.165) is 0 Å². The lowest BCUT2D eigenvalue weighted by Gasteiger charge is -2.20. The van der Waals surface area contributed by atoms with Crippen LogP contribution in [-0.4, -0.2) is 47.1 Å². The van der Waals surface area contributed by atoms with Crippen molar-refractivity contribution in [3.8, 4) is 0 Å². The number of amides is 1. The monoisotopic (exact) mass is 238 g/mol. The summed E-state index contributed by atoms with van der Waals surface area (Å²) in [6.07, 6.45) is 2.60. The van der Waals surface area contributed by atoms with Crippen LogP contribution in [0.3, 0.4) is 0 Å². The predicted molar refractivity (Wildman–Crippen MR) is 60.9 cm³/mol. The average molecular weight is 238 g/mol. The van der Waals surface area contributed by atoms with Crippen molar-refractivity contribution in [3.05, 3.63) is 18.1 Å². The number of anilines is 1. The molecule has 0 spiro atoms. The lowest BCUT2D eigenvalue weighted by molar-refractivity contribution is -0.119. The summed E-state index contributed by atoms with van der Waals surface area (Å²) < 4.78 is 0. The van der Waals surface area contributed by atoms with Crippen LogP contribution in [0.1, 0.15) is 17.4 Å². The van der Waals surface area contributed by atoms with Gasteiger partial charge in [0, 0.05) is 13.6 Å². The fourth-order valence-corrected chi connectivity index (χ4v) is 1.22. The number of likely N-dealkylation sites (N-methyl/N-ethyl adjacent to an activating group) is 2. The Morgan fingerprint density at radius 2 is 2.18 bits per heavy atom. The molecule has 2 N–H and O–H groups in total. The lowest BCUT2D eigenvalue weighted by atomic mass is 10.4. The van der Waals surface area contributed by atoms with Crippen LogP contribution >= 0.6 is 0 Å². The maximum Gasteiger partial charge on any atom is 0.356 e. The second-order valence-electron chi connectivity index (χ2n) is 3.26. The minimum Gasteiger partial charge on any atom is -0.476 e. The van der Waals surface area contributed by atoms with E-state index in [4.69, 9.17) is 5.11 Å². The van der Waals surface area contributed by atoms with Crippen LogP contribution in [0.2, 0.25) is 0 Å². The van der Waals surface area contributed by atoms with Crippen LogP contribution in [0.15, 0.2) is 12.4 Å². The highest BCUT2D eigenvalue weighted by molar-refractivity contribution is 5.85. The second-order valence-corrected chi connectivity index (χ2v) is 3.26. The lowest BCUT2D eigenvalue weighted by Crippen LogP contribution is -2.36. The van der Waals surface area contributed by atoms with Crippen LogP contribution < -0.4 is 10.2 Å². The molecule has 0 aromatic carbocycles. The third-order valence-electron chi connectivity index (χ3n) is 2.16. The summed E-state index contributed by atoms with van der Waals surface area (Å²) in [5, 5.41) is 11.3. The van der Waals surface area contributed by atoms with Gasteiger partial charge in [0.15, 0.2) is 5.69 Å². The van der Waals surface area contributed by atoms with Gasteiger partial charge in [-0.2, -0.15) is 0 Å². The molecule has 1 heterocycles. The highest BCUT2D eigenvalue weighted by Crippen LogP contribution is 2.09. The molecule has 0 aliphatic rings. The van der Waals surface area contributed by atoms with Crippen LogP contribution in [0.25, 0.3) is 0 Å². The minimum absolute atomic E-state index is 0.116. The number of carboxylic acid groups (broad SMARTS) is 1. The van der Waals surface area contributed by atoms with Crippen LogP contribution in [0.4, 0.5) is 5.82 Å². The molecule has 0 aliphatic carbocycles. The molecule has 7 heteroatoms. The van der Waals surface area contributed by atoms with Gasteiger partial charge < -0.3 is 15.3 Å². The van der Waals surface area contributed by atoms with Gasteiger partial charge in [0.25, 0.3) is 0 Å². The zero-order valence-corrected chi connectivity index (χ0v) is 9.67. The third kappa shape index (κ3) is 3.40. The first-order chi connectivity index (χ1) is 8.08. The molecule has 0 radical (unpaired) electrons. The molecular formula is C10H14N4O3. The predicted octanol–water partition coefficient (Wildman–Crippen LogP) is -0.253. The normalized spacial score (nSPS) is 9.76. The number of hydrogen-bond donors (Lipinski definition) is 2. The molecule has 0 atom stereocenters. The van der Waals surface area contributed by atoms with Crippen molar-refractivity contribution in [2.75, 3.05) is 25.0 Å². The van der Waals surface area contributed by atoms with Gasteiger partial charge >= 0.3 is 5.97 Å². The average Bonchev–Trinajstić information content (AvgIpc) is 2.35. The summed E-state index contributed by atoms with van der Waals surface area (Å²) in [5.74, 6) is -0.944. The number of hydrogen-bond acceptors (Lipinski definition) is 5. The van der Waals surface area contributed by atoms with Gasteiger partial charge in [0.05, 0.1) is 18.9 Å². The smallest absolute Gasteiger partial charge is 0.356 e. The SMILES string of the molecule is CCN(CC(=O)NC)c1cncc(C(=O)O)n1. The van der Waals surface area contributed by atoms with Gasteiger partial charge in [-0.25, -0.2) is 9.78 Å². The Labute approximate surface area is 98.5 Å². The van der Waals surface area contributed by atoms with Crippen molar-refractivity contribution in [3.63, 3.8) is 0 Å². The van der Waals surface area contributed by atoms with Crippen molar-refractivity contribution < 1.29 is 14.7 Å². The van der Waals surface area contributed by atoms with E-state index in [0.29, 0.717) is 12.4 Å². The molecule has 0 bridgehead atoms. The maximum absolute atomic E-state index is 11.3. The summed E-state index contributed by atoms with van der Waals surface area (Å²) in [5.41, 5.74) is -0.141. The van der Waals surface area contributed by atoms with E-state index in [1.807, 2.05) is 6.92 Å². The molecule has 1 aromatic rings. The number of nitrogens with zero attached hydrogens (tertiary/aromatic N) is 3. The first-order valence-corrected chi connectivity index (χ1v) is 5.09. The summed E-state index contributed by atoms with van der Waals surface area (Å²) in [7, 11) is 1.54. The Balaban J connectivity index is 2.91. The molecule has 0 saturated carbocycles. The topological polar surface area (TPSA) is 95.4 Å². The molecule has 0 fully saturated rings. The van der Waals surface area contributed by atoms with Gasteiger partial charge in [-0.05, 0) is 6.92 Å². The van der Waals surface area contributed by atoms with E-state index >= 15 is 0 Å². The number of rotatable bonds is 5. The van der Waals surface area contributed by atoms with E-state index in [1.54, 1.807) is 4.90 Å². The Hall–Kier alpha value is -2.18. The third-order valence-corrected chi connectivity index (χ3v) is 2.16. The molecule has 1 rings (SSSR count). The first kappa shape index (κ1) is 12.9. The number of nitrogens with one attached hydrogen (secondary N) is 1. The van der Waals surface area contributed by atoms with Gasteiger partial charge in [-0.15, -0.1) is 0 Å². The Morgan fingerprint density at radius 1 is 1.47 bits per heavy atom. The molecule has 0 aliphatic heterocycles. The standard InChI is InChI=1S/C10H14N4O3/c1-3-14(6-9(15)11-2)8-5-12-4-7(13-8)10(16)17/h4-5H,3,6H2,1-2H3,(H,11,15)(H,16,17). The molecule has 1 aromatic heterocycles. The Bertz CT molecular complexity index is 422. The largest absolute Gasteiger partial charge is 0.476 e. The molecule has 92 valence electrons. The fraction of sp³-hybridized carbons (Fsp3) is 0.400. The Morgan fingerprint density at radius 3 is 2.71 bits per heavy atom. The first-order valence-electron chi connectivity index (χ1n) is 5.09. The van der Waals surface area contributed by atoms with Crippen molar-refractivity contribution in [1.29, 1.82) is 0 Å². The quantitative estimate of drug-likeness (QED) is 0.734. The zero-order valence-electron chi connectivity index (χ0n) is 9.67. The van der Waals surface area contributed by atoms with Crippen molar-refractivity contribution >= 4 is 17.7 Å². The summed E-state index contributed by atoms with van der Waals surface area (Å²) >= 11 is 0. The maximum atomic E-state index is 11.3. The number of carbonyl (C=O) groups excluding carboxylic acids is 1. The van der Waals surface area contributed by atoms with Crippen molar-refractivity contribution in [1.82, 2.24) is 15.3 Å². The van der Waals surface area contributed by atoms with Crippen LogP contribution in [-0.2, 0) is 4.79 Å². The summed E-state index contributed by atoms with van der Waals surface area (Å²) in [6, 6.07) is 0. The molecule has 1 amide bonds. The number of carboxylic acids is 1. The molecule has 0 saturated heterocycles. The van der Waals surface area contributed by atoms with E-state index in [9.17, 15) is 9.59 Å². The van der Waals surface area contributed by atoms with E-state index in [-0.39, 0.29) is 18.1 Å². The van der Waals surface area contributed by atoms with Crippen LogP contribution in [0, 0.1) is 0 Å². The number of aromatic carboxylic acids is 1. The fourth-order valence-electron chi connectivity index (χ4n) is 1.22. The number of carbonyl (C=O) groups is 2. The van der Waals surface area contributed by atoms with E-state index < -0.39 is 5.97 Å². The van der Waals surface area contributed by atoms with Crippen molar-refractivity contribution in [2.45, 2.75) is 6.92 Å². The van der Waals surface area contributed by atoms with Crippen LogP contribution in [0.5, 0.6) is 0 Å². The van der Waals surface area contributed by atoms with Crippen molar-refractivity contribution in [2.24, 2.45) is 0 Å². The highest BCUT2D eigenvalue weighted by Gasteiger charge is 2.13. The number of aromatic nitrogens is 2. The molecule has 17 heavy (non-hydrogen) atoms. The minimum atomic E-state index is -1.14. The van der Waals surface area contributed by atoms with Gasteiger partial charge in [0.2, 0.25) is 5.91 Å². The van der Waals surface area contributed by atoms with Gasteiger partial charge in [-0.1, -0.05) is 0 Å².